The van der Waals surface area contributed by atoms with Crippen LogP contribution < -0.4 is 5.32 Å². The zero-order valence-corrected chi connectivity index (χ0v) is 17.2. The molecule has 5 rings (SSSR count). The van der Waals surface area contributed by atoms with E-state index in [0.717, 1.165) is 31.7 Å². The van der Waals surface area contributed by atoms with Crippen LogP contribution in [-0.2, 0) is 6.54 Å². The van der Waals surface area contributed by atoms with Gasteiger partial charge in [0, 0.05) is 35.9 Å². The van der Waals surface area contributed by atoms with E-state index < -0.39 is 0 Å². The summed E-state index contributed by atoms with van der Waals surface area (Å²) >= 11 is 0. The number of nitrogens with zero attached hydrogens (tertiary/aromatic N) is 4. The molecular weight excluding hydrogens is 372 g/mol. The zero-order chi connectivity index (χ0) is 20.2. The molecule has 0 aliphatic carbocycles. The summed E-state index contributed by atoms with van der Waals surface area (Å²) in [4.78, 5) is 6.04. The number of rotatable bonds is 9. The van der Waals surface area contributed by atoms with Crippen LogP contribution in [0, 0.1) is 0 Å². The summed E-state index contributed by atoms with van der Waals surface area (Å²) in [7, 11) is 0. The number of fused-ring (bicyclic) bond motifs is 1. The Morgan fingerprint density at radius 3 is 2.63 bits per heavy atom. The van der Waals surface area contributed by atoms with Gasteiger partial charge in [-0.1, -0.05) is 30.3 Å². The van der Waals surface area contributed by atoms with Crippen molar-refractivity contribution in [1.82, 2.24) is 30.0 Å². The van der Waals surface area contributed by atoms with Crippen molar-refractivity contribution in [1.29, 1.82) is 0 Å². The van der Waals surface area contributed by atoms with Crippen molar-refractivity contribution >= 4 is 10.9 Å². The number of hydrogen-bond acceptors (Lipinski definition) is 4. The van der Waals surface area contributed by atoms with Crippen LogP contribution in [-0.4, -0.2) is 50.8 Å². The first-order valence-corrected chi connectivity index (χ1v) is 10.8. The average molecular weight is 401 g/mol. The van der Waals surface area contributed by atoms with E-state index in [1.807, 2.05) is 4.57 Å². The Labute approximate surface area is 176 Å². The zero-order valence-electron chi connectivity index (χ0n) is 17.2. The predicted octanol–water partition coefficient (Wildman–Crippen LogP) is 3.72. The fraction of sp³-hybridized carbons (Fsp3) is 0.333. The van der Waals surface area contributed by atoms with Crippen molar-refractivity contribution < 1.29 is 0 Å². The van der Waals surface area contributed by atoms with Gasteiger partial charge in [-0.2, -0.15) is 0 Å². The van der Waals surface area contributed by atoms with E-state index in [9.17, 15) is 0 Å². The molecule has 2 aromatic carbocycles. The molecule has 0 bridgehead atoms. The van der Waals surface area contributed by atoms with Crippen molar-refractivity contribution in [2.45, 2.75) is 25.3 Å². The molecule has 3 heterocycles. The minimum absolute atomic E-state index is 0.458. The SMILES string of the molecule is c1ccc(CNCC(CCN2CCC2)c2c[nH]c3ccc(-n4cnnc4)cc23)cc1. The molecule has 1 aliphatic heterocycles. The van der Waals surface area contributed by atoms with Crippen LogP contribution in [0.4, 0.5) is 0 Å². The molecule has 6 heteroatoms. The summed E-state index contributed by atoms with van der Waals surface area (Å²) in [5, 5.41) is 12.9. The molecule has 1 saturated heterocycles. The number of nitrogens with one attached hydrogen (secondary N) is 2. The summed E-state index contributed by atoms with van der Waals surface area (Å²) in [6.07, 6.45) is 8.19. The molecule has 0 radical (unpaired) electrons. The van der Waals surface area contributed by atoms with E-state index in [2.05, 4.69) is 80.1 Å². The quantitative estimate of drug-likeness (QED) is 0.450. The predicted molar refractivity (Wildman–Crippen MR) is 120 cm³/mol. The third kappa shape index (κ3) is 4.15. The second-order valence-corrected chi connectivity index (χ2v) is 8.14. The highest BCUT2D eigenvalue weighted by Gasteiger charge is 2.20. The Hall–Kier alpha value is -2.96. The lowest BCUT2D eigenvalue weighted by molar-refractivity contribution is 0.174. The largest absolute Gasteiger partial charge is 0.361 e. The number of likely N-dealkylation sites (tertiary alicyclic amines) is 1. The molecule has 2 aromatic heterocycles. The fourth-order valence-corrected chi connectivity index (χ4v) is 4.26. The Balaban J connectivity index is 1.37. The normalized spacial score (nSPS) is 15.3. The van der Waals surface area contributed by atoms with Gasteiger partial charge in [0.25, 0.3) is 0 Å². The summed E-state index contributed by atoms with van der Waals surface area (Å²) in [5.74, 6) is 0.458. The Bertz CT molecular complexity index is 1070. The number of H-pyrrole nitrogens is 1. The van der Waals surface area contributed by atoms with Gasteiger partial charge in [-0.05, 0) is 67.7 Å². The van der Waals surface area contributed by atoms with Crippen LogP contribution in [0.5, 0.6) is 0 Å². The van der Waals surface area contributed by atoms with Gasteiger partial charge in [-0.25, -0.2) is 0 Å². The molecule has 0 saturated carbocycles. The Kier molecular flexibility index (Phi) is 5.59. The van der Waals surface area contributed by atoms with Crippen LogP contribution >= 0.6 is 0 Å². The van der Waals surface area contributed by atoms with Gasteiger partial charge in [-0.3, -0.25) is 4.57 Å². The second kappa shape index (κ2) is 8.81. The van der Waals surface area contributed by atoms with Gasteiger partial charge < -0.3 is 15.2 Å². The van der Waals surface area contributed by atoms with Gasteiger partial charge in [0.15, 0.2) is 0 Å². The van der Waals surface area contributed by atoms with E-state index in [0.29, 0.717) is 5.92 Å². The van der Waals surface area contributed by atoms with E-state index in [1.165, 1.54) is 41.5 Å². The molecule has 0 amide bonds. The van der Waals surface area contributed by atoms with Gasteiger partial charge in [0.1, 0.15) is 12.7 Å². The van der Waals surface area contributed by atoms with Gasteiger partial charge in [0.2, 0.25) is 0 Å². The number of hydrogen-bond donors (Lipinski definition) is 2. The highest BCUT2D eigenvalue weighted by atomic mass is 15.2. The molecule has 4 aromatic rings. The molecule has 0 spiro atoms. The number of aromatic nitrogens is 4. The first-order valence-electron chi connectivity index (χ1n) is 10.8. The topological polar surface area (TPSA) is 61.8 Å². The molecule has 2 N–H and O–H groups in total. The first kappa shape index (κ1) is 19.0. The van der Waals surface area contributed by atoms with E-state index in [4.69, 9.17) is 0 Å². The van der Waals surface area contributed by atoms with Gasteiger partial charge >= 0.3 is 0 Å². The lowest BCUT2D eigenvalue weighted by atomic mass is 9.94. The average Bonchev–Trinajstić information content (AvgIpc) is 3.42. The lowest BCUT2D eigenvalue weighted by Crippen LogP contribution is -2.38. The van der Waals surface area contributed by atoms with Gasteiger partial charge in [-0.15, -0.1) is 10.2 Å². The lowest BCUT2D eigenvalue weighted by Gasteiger charge is -2.32. The molecule has 154 valence electrons. The van der Waals surface area contributed by atoms with Crippen LogP contribution in [0.2, 0.25) is 0 Å². The first-order chi connectivity index (χ1) is 14.9. The maximum Gasteiger partial charge on any atom is 0.123 e. The van der Waals surface area contributed by atoms with Crippen molar-refractivity contribution in [2.24, 2.45) is 0 Å². The summed E-state index contributed by atoms with van der Waals surface area (Å²) < 4.78 is 1.96. The third-order valence-electron chi connectivity index (χ3n) is 6.16. The number of benzene rings is 2. The third-order valence-corrected chi connectivity index (χ3v) is 6.16. The van der Waals surface area contributed by atoms with E-state index in [-0.39, 0.29) is 0 Å². The highest BCUT2D eigenvalue weighted by molar-refractivity contribution is 5.85. The molecule has 1 atom stereocenters. The molecule has 1 unspecified atom stereocenters. The van der Waals surface area contributed by atoms with Crippen LogP contribution in [0.1, 0.15) is 29.9 Å². The Morgan fingerprint density at radius 1 is 1.03 bits per heavy atom. The van der Waals surface area contributed by atoms with Crippen LogP contribution in [0.15, 0.2) is 67.4 Å². The summed E-state index contributed by atoms with van der Waals surface area (Å²) in [6, 6.07) is 17.1. The molecule has 1 aliphatic rings. The highest BCUT2D eigenvalue weighted by Crippen LogP contribution is 2.30. The monoisotopic (exact) mass is 400 g/mol. The van der Waals surface area contributed by atoms with E-state index >= 15 is 0 Å². The number of aromatic amines is 1. The van der Waals surface area contributed by atoms with Crippen LogP contribution in [0.25, 0.3) is 16.6 Å². The Morgan fingerprint density at radius 2 is 1.87 bits per heavy atom. The molecule has 30 heavy (non-hydrogen) atoms. The fourth-order valence-electron chi connectivity index (χ4n) is 4.26. The summed E-state index contributed by atoms with van der Waals surface area (Å²) in [5.41, 5.74) is 4.99. The van der Waals surface area contributed by atoms with Crippen molar-refractivity contribution in [3.05, 3.63) is 78.5 Å². The minimum Gasteiger partial charge on any atom is -0.361 e. The van der Waals surface area contributed by atoms with Crippen molar-refractivity contribution in [3.8, 4) is 5.69 Å². The molecular formula is C24H28N6. The molecule has 6 nitrogen and oxygen atoms in total. The summed E-state index contributed by atoms with van der Waals surface area (Å²) in [6.45, 7) is 5.52. The standard InChI is InChI=1S/C24H28N6/c1-2-5-19(6-3-1)14-25-15-20(9-12-29-10-4-11-29)23-16-26-24-8-7-21(13-22(23)24)30-17-27-28-18-30/h1-3,5-8,13,16-18,20,25-26H,4,9-12,14-15H2. The molecule has 1 fully saturated rings. The van der Waals surface area contributed by atoms with E-state index in [1.54, 1.807) is 12.7 Å². The minimum atomic E-state index is 0.458. The maximum atomic E-state index is 3.95. The van der Waals surface area contributed by atoms with Crippen LogP contribution in [0.3, 0.4) is 0 Å². The smallest absolute Gasteiger partial charge is 0.123 e. The second-order valence-electron chi connectivity index (χ2n) is 8.14. The maximum absolute atomic E-state index is 3.95. The van der Waals surface area contributed by atoms with Crippen molar-refractivity contribution in [3.63, 3.8) is 0 Å². The van der Waals surface area contributed by atoms with Gasteiger partial charge in [0.05, 0.1) is 0 Å². The van der Waals surface area contributed by atoms with Crippen molar-refractivity contribution in [2.75, 3.05) is 26.2 Å².